The van der Waals surface area contributed by atoms with Crippen LogP contribution in [0, 0.1) is 0 Å². The van der Waals surface area contributed by atoms with Gasteiger partial charge in [-0.15, -0.1) is 10.2 Å². The van der Waals surface area contributed by atoms with Gasteiger partial charge in [-0.1, -0.05) is 26.0 Å². The summed E-state index contributed by atoms with van der Waals surface area (Å²) in [6.45, 7) is 4.84. The summed E-state index contributed by atoms with van der Waals surface area (Å²) in [5, 5.41) is 12.0. The fourth-order valence-electron chi connectivity index (χ4n) is 3.10. The summed E-state index contributed by atoms with van der Waals surface area (Å²) in [6.07, 6.45) is 1.94. The molecule has 0 aliphatic heterocycles. The van der Waals surface area contributed by atoms with Crippen molar-refractivity contribution in [2.45, 2.75) is 26.7 Å². The highest BCUT2D eigenvalue weighted by molar-refractivity contribution is 6.05. The number of aryl methyl sites for hydroxylation is 1. The van der Waals surface area contributed by atoms with E-state index in [9.17, 15) is 4.79 Å². The van der Waals surface area contributed by atoms with Gasteiger partial charge in [-0.05, 0) is 73.0 Å². The zero-order valence-corrected chi connectivity index (χ0v) is 17.1. The molecule has 6 heteroatoms. The molecule has 0 spiro atoms. The second-order valence-corrected chi connectivity index (χ2v) is 7.04. The van der Waals surface area contributed by atoms with Crippen molar-refractivity contribution < 1.29 is 9.53 Å². The molecule has 0 saturated carbocycles. The molecular formula is C24H24N4O2. The molecule has 1 heterocycles. The van der Waals surface area contributed by atoms with E-state index < -0.39 is 0 Å². The van der Waals surface area contributed by atoms with Gasteiger partial charge in [0.25, 0.3) is 5.91 Å². The largest absolute Gasteiger partial charge is 0.494 e. The molecule has 1 aromatic heterocycles. The minimum absolute atomic E-state index is 0.182. The molecule has 3 aromatic carbocycles. The highest BCUT2D eigenvalue weighted by atomic mass is 16.5. The quantitative estimate of drug-likeness (QED) is 0.473. The molecule has 6 nitrogen and oxygen atoms in total. The zero-order valence-electron chi connectivity index (χ0n) is 17.1. The molecule has 0 saturated heterocycles. The molecular weight excluding hydrogens is 376 g/mol. The van der Waals surface area contributed by atoms with E-state index >= 15 is 0 Å². The van der Waals surface area contributed by atoms with Crippen molar-refractivity contribution in [3.05, 3.63) is 77.9 Å². The lowest BCUT2D eigenvalue weighted by molar-refractivity contribution is 0.102. The van der Waals surface area contributed by atoms with Crippen LogP contribution in [0.25, 0.3) is 16.7 Å². The van der Waals surface area contributed by atoms with Gasteiger partial charge in [0.1, 0.15) is 16.8 Å². The van der Waals surface area contributed by atoms with Crippen LogP contribution in [-0.2, 0) is 6.42 Å². The molecule has 4 aromatic rings. The molecule has 0 aliphatic carbocycles. The first-order valence-corrected chi connectivity index (χ1v) is 10.2. The first-order chi connectivity index (χ1) is 14.7. The molecule has 4 rings (SSSR count). The Morgan fingerprint density at radius 1 is 0.933 bits per heavy atom. The number of hydrogen-bond acceptors (Lipinski definition) is 4. The van der Waals surface area contributed by atoms with Crippen LogP contribution < -0.4 is 10.1 Å². The third-order valence-electron chi connectivity index (χ3n) is 4.80. The van der Waals surface area contributed by atoms with Crippen molar-refractivity contribution in [3.63, 3.8) is 0 Å². The SMILES string of the molecule is CCCOc1ccc(C(=O)Nc2ccc3nn(-c4ccc(CC)cc4)nc3c2)cc1. The van der Waals surface area contributed by atoms with Crippen molar-refractivity contribution in [1.29, 1.82) is 0 Å². The van der Waals surface area contributed by atoms with Crippen LogP contribution in [0.5, 0.6) is 5.75 Å². The monoisotopic (exact) mass is 400 g/mol. The molecule has 0 atom stereocenters. The number of fused-ring (bicyclic) bond motifs is 1. The van der Waals surface area contributed by atoms with Gasteiger partial charge in [-0.25, -0.2) is 0 Å². The Morgan fingerprint density at radius 3 is 2.37 bits per heavy atom. The van der Waals surface area contributed by atoms with E-state index in [1.54, 1.807) is 16.9 Å². The second kappa shape index (κ2) is 8.78. The maximum Gasteiger partial charge on any atom is 0.255 e. The highest BCUT2D eigenvalue weighted by Crippen LogP contribution is 2.19. The Balaban J connectivity index is 1.49. The van der Waals surface area contributed by atoms with Crippen molar-refractivity contribution in [1.82, 2.24) is 15.0 Å². The Labute approximate surface area is 175 Å². The van der Waals surface area contributed by atoms with Crippen molar-refractivity contribution in [2.75, 3.05) is 11.9 Å². The number of carbonyl (C=O) groups excluding carboxylic acids is 1. The summed E-state index contributed by atoms with van der Waals surface area (Å²) < 4.78 is 5.56. The number of benzene rings is 3. The number of anilines is 1. The number of carbonyl (C=O) groups is 1. The molecule has 0 radical (unpaired) electrons. The van der Waals surface area contributed by atoms with Crippen LogP contribution in [-0.4, -0.2) is 27.5 Å². The van der Waals surface area contributed by atoms with E-state index in [4.69, 9.17) is 4.74 Å². The summed E-state index contributed by atoms with van der Waals surface area (Å²) in [5.41, 5.74) is 4.90. The first kappa shape index (κ1) is 19.6. The molecule has 1 N–H and O–H groups in total. The molecule has 30 heavy (non-hydrogen) atoms. The maximum atomic E-state index is 12.6. The van der Waals surface area contributed by atoms with E-state index in [1.165, 1.54) is 5.56 Å². The van der Waals surface area contributed by atoms with E-state index in [-0.39, 0.29) is 5.91 Å². The Kier molecular flexibility index (Phi) is 5.75. The third kappa shape index (κ3) is 4.33. The summed E-state index contributed by atoms with van der Waals surface area (Å²) >= 11 is 0. The summed E-state index contributed by atoms with van der Waals surface area (Å²) in [6, 6.07) is 20.8. The van der Waals surface area contributed by atoms with Crippen molar-refractivity contribution in [2.24, 2.45) is 0 Å². The highest BCUT2D eigenvalue weighted by Gasteiger charge is 2.10. The van der Waals surface area contributed by atoms with Crippen LogP contribution in [0.1, 0.15) is 36.2 Å². The summed E-state index contributed by atoms with van der Waals surface area (Å²) in [7, 11) is 0. The Hall–Kier alpha value is -3.67. The number of hydrogen-bond donors (Lipinski definition) is 1. The van der Waals surface area contributed by atoms with Crippen LogP contribution in [0.15, 0.2) is 66.7 Å². The molecule has 0 fully saturated rings. The molecule has 152 valence electrons. The lowest BCUT2D eigenvalue weighted by atomic mass is 10.2. The van der Waals surface area contributed by atoms with Crippen molar-refractivity contribution in [3.8, 4) is 11.4 Å². The first-order valence-electron chi connectivity index (χ1n) is 10.2. The molecule has 0 bridgehead atoms. The van der Waals surface area contributed by atoms with Crippen molar-refractivity contribution >= 4 is 22.6 Å². The fourth-order valence-corrected chi connectivity index (χ4v) is 3.10. The van der Waals surface area contributed by atoms with Gasteiger partial charge in [0.05, 0.1) is 12.3 Å². The predicted molar refractivity (Wildman–Crippen MR) is 118 cm³/mol. The number of ether oxygens (including phenoxy) is 1. The minimum atomic E-state index is -0.182. The topological polar surface area (TPSA) is 69.0 Å². The van der Waals surface area contributed by atoms with Gasteiger partial charge in [0, 0.05) is 11.3 Å². The van der Waals surface area contributed by atoms with Gasteiger partial charge in [-0.2, -0.15) is 4.80 Å². The fraction of sp³-hybridized carbons (Fsp3) is 0.208. The number of rotatable bonds is 7. The van der Waals surface area contributed by atoms with E-state index in [2.05, 4.69) is 41.5 Å². The zero-order chi connectivity index (χ0) is 20.9. The molecule has 1 amide bonds. The predicted octanol–water partition coefficient (Wildman–Crippen LogP) is 5.02. The molecule has 0 unspecified atom stereocenters. The average Bonchev–Trinajstić information content (AvgIpc) is 3.21. The maximum absolute atomic E-state index is 12.6. The van der Waals surface area contributed by atoms with E-state index in [1.807, 2.05) is 42.5 Å². The Morgan fingerprint density at radius 2 is 1.67 bits per heavy atom. The molecule has 0 aliphatic rings. The third-order valence-corrected chi connectivity index (χ3v) is 4.80. The standard InChI is InChI=1S/C24H24N4O2/c1-3-15-30-21-12-7-18(8-13-21)24(29)25-19-9-14-22-23(16-19)27-28(26-22)20-10-5-17(4-2)6-11-20/h5-14,16H,3-4,15H2,1-2H3,(H,25,29). The van der Waals surface area contributed by atoms with Gasteiger partial charge in [0.2, 0.25) is 0 Å². The smallest absolute Gasteiger partial charge is 0.255 e. The summed E-state index contributed by atoms with van der Waals surface area (Å²) in [5.74, 6) is 0.581. The lowest BCUT2D eigenvalue weighted by Gasteiger charge is -2.07. The van der Waals surface area contributed by atoms with Gasteiger partial charge >= 0.3 is 0 Å². The average molecular weight is 400 g/mol. The van der Waals surface area contributed by atoms with Gasteiger partial charge in [0.15, 0.2) is 0 Å². The lowest BCUT2D eigenvalue weighted by Crippen LogP contribution is -2.11. The van der Waals surface area contributed by atoms with Crippen LogP contribution in [0.2, 0.25) is 0 Å². The van der Waals surface area contributed by atoms with Crippen LogP contribution >= 0.6 is 0 Å². The number of aromatic nitrogens is 3. The second-order valence-electron chi connectivity index (χ2n) is 7.04. The Bertz CT molecular complexity index is 1150. The summed E-state index contributed by atoms with van der Waals surface area (Å²) in [4.78, 5) is 14.2. The number of nitrogens with one attached hydrogen (secondary N) is 1. The van der Waals surface area contributed by atoms with Crippen LogP contribution in [0.4, 0.5) is 5.69 Å². The van der Waals surface area contributed by atoms with Gasteiger partial charge < -0.3 is 10.1 Å². The number of amides is 1. The van der Waals surface area contributed by atoms with Gasteiger partial charge in [-0.3, -0.25) is 4.79 Å². The normalized spacial score (nSPS) is 10.9. The van der Waals surface area contributed by atoms with E-state index in [0.29, 0.717) is 17.9 Å². The minimum Gasteiger partial charge on any atom is -0.494 e. The van der Waals surface area contributed by atoms with E-state index in [0.717, 1.165) is 35.3 Å². The number of nitrogens with zero attached hydrogens (tertiary/aromatic N) is 3. The van der Waals surface area contributed by atoms with Crippen LogP contribution in [0.3, 0.4) is 0 Å².